The highest BCUT2D eigenvalue weighted by atomic mass is 35.6. The topological polar surface area (TPSA) is 15.3 Å². The maximum atomic E-state index is 6.04. The summed E-state index contributed by atoms with van der Waals surface area (Å²) in [5.41, 5.74) is 3.18. The number of nitrogens with zero attached hydrogens (tertiary/aromatic N) is 1. The van der Waals surface area contributed by atoms with Crippen LogP contribution in [0.4, 0.5) is 5.69 Å². The Morgan fingerprint density at radius 2 is 1.78 bits per heavy atom. The summed E-state index contributed by atoms with van der Waals surface area (Å²) >= 11 is 23.7. The normalized spacial score (nSPS) is 15.6. The smallest absolute Gasteiger partial charge is 0.248 e. The average molecular weight is 346 g/mol. The first-order valence-electron chi connectivity index (χ1n) is 5.28. The Bertz CT molecular complexity index is 486. The molecule has 0 spiro atoms. The first-order chi connectivity index (χ1) is 8.08. The summed E-state index contributed by atoms with van der Waals surface area (Å²) in [6.07, 6.45) is -2.53. The molecule has 0 amide bonds. The molecule has 0 aliphatic carbocycles. The van der Waals surface area contributed by atoms with Crippen molar-refractivity contribution in [2.75, 3.05) is 19.2 Å². The Hall–Kier alpha value is 0.500. The van der Waals surface area contributed by atoms with Gasteiger partial charge in [-0.3, -0.25) is 4.67 Å². The standard InChI is InChI=1S/C11H16Cl3N2PS/c1-8-5-6-10(9(2)7-8)15-17(18,16(3)4)11(12,13)14/h5-7H,1-4H3,(H,15,18)/t17-/m1/s1. The molecule has 2 nitrogen and oxygen atoms in total. The number of hydrogen-bond acceptors (Lipinski definition) is 1. The van der Waals surface area contributed by atoms with E-state index in [0.29, 0.717) is 0 Å². The van der Waals surface area contributed by atoms with Gasteiger partial charge in [0.15, 0.2) is 0 Å². The Kier molecular flexibility index (Phi) is 5.39. The lowest BCUT2D eigenvalue weighted by Crippen LogP contribution is -2.24. The van der Waals surface area contributed by atoms with Crippen molar-refractivity contribution in [2.24, 2.45) is 0 Å². The summed E-state index contributed by atoms with van der Waals surface area (Å²) in [7, 11) is 3.64. The molecular weight excluding hydrogens is 330 g/mol. The Balaban J connectivity index is 3.17. The minimum atomic E-state index is -2.53. The molecule has 1 atom stereocenters. The van der Waals surface area contributed by atoms with Crippen LogP contribution in [0, 0.1) is 13.8 Å². The number of rotatable bonds is 3. The summed E-state index contributed by atoms with van der Waals surface area (Å²) < 4.78 is 0.262. The zero-order chi connectivity index (χ0) is 14.1. The van der Waals surface area contributed by atoms with E-state index in [-0.39, 0.29) is 0 Å². The third kappa shape index (κ3) is 3.53. The minimum absolute atomic E-state index is 0.906. The highest BCUT2D eigenvalue weighted by Crippen LogP contribution is 2.65. The van der Waals surface area contributed by atoms with Crippen molar-refractivity contribution >= 4 is 58.6 Å². The fourth-order valence-corrected chi connectivity index (χ4v) is 4.89. The van der Waals surface area contributed by atoms with E-state index in [0.717, 1.165) is 11.3 Å². The van der Waals surface area contributed by atoms with Crippen LogP contribution in [-0.4, -0.2) is 22.3 Å². The fraction of sp³-hybridized carbons (Fsp3) is 0.455. The summed E-state index contributed by atoms with van der Waals surface area (Å²) in [6, 6.07) is 6.03. The third-order valence-corrected chi connectivity index (χ3v) is 10.1. The molecule has 1 rings (SSSR count). The van der Waals surface area contributed by atoms with Gasteiger partial charge >= 0.3 is 0 Å². The van der Waals surface area contributed by atoms with E-state index in [9.17, 15) is 0 Å². The van der Waals surface area contributed by atoms with Crippen molar-refractivity contribution in [1.29, 1.82) is 0 Å². The highest BCUT2D eigenvalue weighted by Gasteiger charge is 2.42. The summed E-state index contributed by atoms with van der Waals surface area (Å²) in [5.74, 6) is 0. The van der Waals surface area contributed by atoms with E-state index in [1.165, 1.54) is 5.56 Å². The number of nitrogens with one attached hydrogen (secondary N) is 1. The quantitative estimate of drug-likeness (QED) is 0.618. The van der Waals surface area contributed by atoms with Crippen LogP contribution in [0.3, 0.4) is 0 Å². The lowest BCUT2D eigenvalue weighted by atomic mass is 10.1. The maximum absolute atomic E-state index is 6.04. The molecule has 0 radical (unpaired) electrons. The Morgan fingerprint density at radius 1 is 1.22 bits per heavy atom. The number of anilines is 1. The van der Waals surface area contributed by atoms with Gasteiger partial charge in [0.05, 0.1) is 0 Å². The molecule has 0 aromatic heterocycles. The summed E-state index contributed by atoms with van der Waals surface area (Å²) in [5, 5.41) is 3.25. The molecule has 1 aromatic carbocycles. The summed E-state index contributed by atoms with van der Waals surface area (Å²) in [6.45, 7) is 4.04. The van der Waals surface area contributed by atoms with Gasteiger partial charge in [-0.15, -0.1) is 0 Å². The number of benzene rings is 1. The second kappa shape index (κ2) is 5.87. The van der Waals surface area contributed by atoms with Gasteiger partial charge in [0.25, 0.3) is 0 Å². The molecule has 0 saturated heterocycles. The molecular formula is C11H16Cl3N2PS. The molecule has 0 heterocycles. The van der Waals surface area contributed by atoms with E-state index in [1.807, 2.05) is 40.1 Å². The number of alkyl halides is 3. The predicted octanol–water partition coefficient (Wildman–Crippen LogP) is 4.91. The lowest BCUT2D eigenvalue weighted by Gasteiger charge is -2.36. The zero-order valence-corrected chi connectivity index (χ0v) is 14.6. The highest BCUT2D eigenvalue weighted by molar-refractivity contribution is 8.16. The number of hydrogen-bond donors (Lipinski definition) is 1. The van der Waals surface area contributed by atoms with Crippen LogP contribution < -0.4 is 5.09 Å². The fourth-order valence-electron chi connectivity index (χ4n) is 1.49. The van der Waals surface area contributed by atoms with Gasteiger partial charge in [0.1, 0.15) is 6.34 Å². The molecule has 0 aliphatic rings. The van der Waals surface area contributed by atoms with Crippen molar-refractivity contribution < 1.29 is 0 Å². The van der Waals surface area contributed by atoms with Gasteiger partial charge in [-0.05, 0) is 39.6 Å². The minimum Gasteiger partial charge on any atom is -0.343 e. The molecule has 0 aliphatic heterocycles. The van der Waals surface area contributed by atoms with Gasteiger partial charge in [0.2, 0.25) is 3.53 Å². The van der Waals surface area contributed by atoms with Crippen LogP contribution in [0.2, 0.25) is 0 Å². The van der Waals surface area contributed by atoms with Crippen LogP contribution >= 0.6 is 41.1 Å². The van der Waals surface area contributed by atoms with E-state index < -0.39 is 9.87 Å². The second-order valence-electron chi connectivity index (χ2n) is 4.32. The van der Waals surface area contributed by atoms with Crippen molar-refractivity contribution in [2.45, 2.75) is 17.4 Å². The maximum Gasteiger partial charge on any atom is 0.248 e. The predicted molar refractivity (Wildman–Crippen MR) is 87.8 cm³/mol. The second-order valence-corrected chi connectivity index (χ2v) is 11.8. The van der Waals surface area contributed by atoms with Crippen LogP contribution in [-0.2, 0) is 11.8 Å². The molecule has 102 valence electrons. The zero-order valence-electron chi connectivity index (χ0n) is 10.7. The lowest BCUT2D eigenvalue weighted by molar-refractivity contribution is 0.676. The van der Waals surface area contributed by atoms with E-state index in [4.69, 9.17) is 46.6 Å². The summed E-state index contributed by atoms with van der Waals surface area (Å²) in [4.78, 5) is 0. The monoisotopic (exact) mass is 344 g/mol. The van der Waals surface area contributed by atoms with Crippen LogP contribution in [0.1, 0.15) is 11.1 Å². The molecule has 0 fully saturated rings. The Morgan fingerprint density at radius 3 is 2.17 bits per heavy atom. The van der Waals surface area contributed by atoms with Crippen molar-refractivity contribution in [3.8, 4) is 0 Å². The third-order valence-electron chi connectivity index (χ3n) is 2.56. The molecule has 7 heteroatoms. The molecule has 0 saturated carbocycles. The SMILES string of the molecule is Cc1ccc(N[P@@](=S)(N(C)C)C(Cl)(Cl)Cl)c(C)c1. The molecule has 0 unspecified atom stereocenters. The number of halogens is 3. The Labute approximate surface area is 129 Å². The molecule has 1 aromatic rings. The first kappa shape index (κ1) is 16.6. The molecule has 1 N–H and O–H groups in total. The van der Waals surface area contributed by atoms with E-state index in [2.05, 4.69) is 11.2 Å². The molecule has 18 heavy (non-hydrogen) atoms. The van der Waals surface area contributed by atoms with Gasteiger partial charge < -0.3 is 5.09 Å². The van der Waals surface area contributed by atoms with E-state index in [1.54, 1.807) is 4.67 Å². The number of aryl methyl sites for hydroxylation is 2. The van der Waals surface area contributed by atoms with Crippen molar-refractivity contribution in [3.63, 3.8) is 0 Å². The van der Waals surface area contributed by atoms with Crippen LogP contribution in [0.5, 0.6) is 0 Å². The van der Waals surface area contributed by atoms with Gasteiger partial charge in [0, 0.05) is 5.69 Å². The van der Waals surface area contributed by atoms with Gasteiger partial charge in [-0.2, -0.15) is 0 Å². The van der Waals surface area contributed by atoms with Crippen LogP contribution in [0.25, 0.3) is 0 Å². The van der Waals surface area contributed by atoms with Crippen molar-refractivity contribution in [1.82, 2.24) is 4.67 Å². The van der Waals surface area contributed by atoms with Gasteiger partial charge in [-0.1, -0.05) is 64.3 Å². The molecule has 0 bridgehead atoms. The first-order valence-corrected chi connectivity index (χ1v) is 9.17. The largest absolute Gasteiger partial charge is 0.343 e. The van der Waals surface area contributed by atoms with Crippen LogP contribution in [0.15, 0.2) is 18.2 Å². The van der Waals surface area contributed by atoms with Gasteiger partial charge in [-0.25, -0.2) is 0 Å². The van der Waals surface area contributed by atoms with E-state index >= 15 is 0 Å². The average Bonchev–Trinajstić information content (AvgIpc) is 2.20. The van der Waals surface area contributed by atoms with Crippen molar-refractivity contribution in [3.05, 3.63) is 29.3 Å².